The van der Waals surface area contributed by atoms with Gasteiger partial charge in [-0.25, -0.2) is 4.98 Å². The fourth-order valence-corrected chi connectivity index (χ4v) is 1.32. The molecule has 0 unspecified atom stereocenters. The summed E-state index contributed by atoms with van der Waals surface area (Å²) in [6.07, 6.45) is 0. The highest BCUT2D eigenvalue weighted by Crippen LogP contribution is 2.19. The topological polar surface area (TPSA) is 36.7 Å². The van der Waals surface area contributed by atoms with Crippen LogP contribution >= 0.6 is 22.5 Å². The maximum absolute atomic E-state index is 8.57. The molecule has 0 aliphatic heterocycles. The molecule has 0 fully saturated rings. The highest BCUT2D eigenvalue weighted by atomic mass is 33.1. The molecule has 0 aliphatic rings. The fourth-order valence-electron chi connectivity index (χ4n) is 0.707. The predicted molar refractivity (Wildman–Crippen MR) is 48.5 cm³/mol. The Kier molecular flexibility index (Phi) is 2.80. The molecule has 0 aliphatic carbocycles. The first-order valence-electron chi connectivity index (χ1n) is 2.97. The Balaban J connectivity index is 3.12. The van der Waals surface area contributed by atoms with Crippen LogP contribution in [0.1, 0.15) is 11.3 Å². The number of rotatable bonds is 1. The maximum Gasteiger partial charge on any atom is 0.107 e. The minimum absolute atomic E-state index is 0.621. The van der Waals surface area contributed by atoms with Gasteiger partial charge in [0.25, 0.3) is 0 Å². The van der Waals surface area contributed by atoms with E-state index in [-0.39, 0.29) is 0 Å². The van der Waals surface area contributed by atoms with E-state index in [1.807, 2.05) is 13.0 Å². The Hall–Kier alpha value is -0.660. The van der Waals surface area contributed by atoms with Gasteiger partial charge in [-0.15, -0.1) is 11.7 Å². The molecule has 0 radical (unpaired) electrons. The van der Waals surface area contributed by atoms with Crippen LogP contribution in [0.5, 0.6) is 0 Å². The van der Waals surface area contributed by atoms with Crippen molar-refractivity contribution in [3.8, 4) is 6.07 Å². The van der Waals surface area contributed by atoms with E-state index >= 15 is 0 Å². The standard InChI is InChI=1S/C7H6N2S2/c1-5-6(4-8)2-3-7(9-5)11-10/h2-3,10H,1H3. The van der Waals surface area contributed by atoms with Gasteiger partial charge in [0.1, 0.15) is 11.1 Å². The van der Waals surface area contributed by atoms with Crippen molar-refractivity contribution >= 4 is 22.5 Å². The first-order chi connectivity index (χ1) is 5.27. The molecule has 0 atom stereocenters. The third-order valence-corrected chi connectivity index (χ3v) is 2.25. The minimum Gasteiger partial charge on any atom is -0.245 e. The van der Waals surface area contributed by atoms with Crippen LogP contribution in [-0.4, -0.2) is 4.98 Å². The molecule has 0 saturated carbocycles. The van der Waals surface area contributed by atoms with Crippen molar-refractivity contribution in [2.24, 2.45) is 0 Å². The summed E-state index contributed by atoms with van der Waals surface area (Å²) in [7, 11) is 1.28. The molecule has 4 heteroatoms. The van der Waals surface area contributed by atoms with Crippen LogP contribution in [-0.2, 0) is 0 Å². The average molecular weight is 182 g/mol. The quantitative estimate of drug-likeness (QED) is 0.534. The number of aromatic nitrogens is 1. The number of thiol groups is 1. The molecular formula is C7H6N2S2. The third-order valence-electron chi connectivity index (χ3n) is 1.27. The van der Waals surface area contributed by atoms with E-state index in [1.165, 1.54) is 10.8 Å². The minimum atomic E-state index is 0.621. The Morgan fingerprint density at radius 3 is 2.82 bits per heavy atom. The highest BCUT2D eigenvalue weighted by molar-refractivity contribution is 8.68. The van der Waals surface area contributed by atoms with Gasteiger partial charge in [-0.05, 0) is 29.9 Å². The Morgan fingerprint density at radius 2 is 2.36 bits per heavy atom. The lowest BCUT2D eigenvalue weighted by atomic mass is 10.2. The summed E-state index contributed by atoms with van der Waals surface area (Å²) in [5.74, 6) is 0. The molecule has 0 saturated heterocycles. The Bertz CT molecular complexity index is 304. The van der Waals surface area contributed by atoms with Crippen molar-refractivity contribution < 1.29 is 0 Å². The van der Waals surface area contributed by atoms with E-state index in [0.29, 0.717) is 5.56 Å². The Labute approximate surface area is 74.5 Å². The van der Waals surface area contributed by atoms with Crippen LogP contribution in [0.4, 0.5) is 0 Å². The van der Waals surface area contributed by atoms with Crippen molar-refractivity contribution in [3.05, 3.63) is 23.4 Å². The van der Waals surface area contributed by atoms with E-state index in [0.717, 1.165) is 10.7 Å². The van der Waals surface area contributed by atoms with Gasteiger partial charge in [0.2, 0.25) is 0 Å². The van der Waals surface area contributed by atoms with E-state index in [2.05, 4.69) is 16.6 Å². The zero-order valence-corrected chi connectivity index (χ0v) is 7.62. The molecule has 11 heavy (non-hydrogen) atoms. The van der Waals surface area contributed by atoms with Crippen molar-refractivity contribution in [3.63, 3.8) is 0 Å². The van der Waals surface area contributed by atoms with Crippen LogP contribution in [0.25, 0.3) is 0 Å². The van der Waals surface area contributed by atoms with Crippen LogP contribution in [0.15, 0.2) is 17.2 Å². The summed E-state index contributed by atoms with van der Waals surface area (Å²) in [4.78, 5) is 4.13. The summed E-state index contributed by atoms with van der Waals surface area (Å²) in [5, 5.41) is 9.39. The largest absolute Gasteiger partial charge is 0.245 e. The second-order valence-corrected chi connectivity index (χ2v) is 3.13. The molecule has 1 heterocycles. The number of aryl methyl sites for hydroxylation is 1. The smallest absolute Gasteiger partial charge is 0.107 e. The molecule has 1 aromatic heterocycles. The van der Waals surface area contributed by atoms with Gasteiger partial charge in [-0.1, -0.05) is 0 Å². The van der Waals surface area contributed by atoms with E-state index in [1.54, 1.807) is 12.1 Å². The van der Waals surface area contributed by atoms with E-state index in [4.69, 9.17) is 5.26 Å². The predicted octanol–water partition coefficient (Wildman–Crippen LogP) is 2.20. The fraction of sp³-hybridized carbons (Fsp3) is 0.143. The SMILES string of the molecule is Cc1nc(SS)ccc1C#N. The molecule has 0 amide bonds. The molecule has 0 N–H and O–H groups in total. The summed E-state index contributed by atoms with van der Waals surface area (Å²) >= 11 is 3.99. The first kappa shape index (κ1) is 8.44. The average Bonchev–Trinajstić information content (AvgIpc) is 2.04. The van der Waals surface area contributed by atoms with Gasteiger partial charge in [0.15, 0.2) is 0 Å². The summed E-state index contributed by atoms with van der Waals surface area (Å²) in [6.45, 7) is 1.81. The lowest BCUT2D eigenvalue weighted by molar-refractivity contribution is 1.06. The first-order valence-corrected chi connectivity index (χ1v) is 4.84. The summed E-state index contributed by atoms with van der Waals surface area (Å²) in [6, 6.07) is 5.58. The van der Waals surface area contributed by atoms with Gasteiger partial charge in [-0.2, -0.15) is 5.26 Å². The van der Waals surface area contributed by atoms with Crippen LogP contribution in [0, 0.1) is 18.3 Å². The number of pyridine rings is 1. The highest BCUT2D eigenvalue weighted by Gasteiger charge is 1.98. The number of nitrogens with zero attached hydrogens (tertiary/aromatic N) is 2. The van der Waals surface area contributed by atoms with Gasteiger partial charge in [0, 0.05) is 0 Å². The normalized spacial score (nSPS) is 9.18. The summed E-state index contributed by atoms with van der Waals surface area (Å²) < 4.78 is 0. The molecule has 0 spiro atoms. The number of hydrogen-bond donors (Lipinski definition) is 1. The maximum atomic E-state index is 8.57. The van der Waals surface area contributed by atoms with Crippen LogP contribution < -0.4 is 0 Å². The Morgan fingerprint density at radius 1 is 1.64 bits per heavy atom. The second kappa shape index (κ2) is 3.65. The van der Waals surface area contributed by atoms with Gasteiger partial charge < -0.3 is 0 Å². The molecule has 0 aromatic carbocycles. The lowest BCUT2D eigenvalue weighted by Gasteiger charge is -1.97. The van der Waals surface area contributed by atoms with Gasteiger partial charge >= 0.3 is 0 Å². The number of hydrogen-bond acceptors (Lipinski definition) is 4. The van der Waals surface area contributed by atoms with E-state index < -0.39 is 0 Å². The number of nitriles is 1. The lowest BCUT2D eigenvalue weighted by Crippen LogP contribution is -1.87. The molecular weight excluding hydrogens is 176 g/mol. The molecule has 56 valence electrons. The molecule has 1 rings (SSSR count). The monoisotopic (exact) mass is 182 g/mol. The molecule has 2 nitrogen and oxygen atoms in total. The van der Waals surface area contributed by atoms with Crippen LogP contribution in [0.2, 0.25) is 0 Å². The zero-order valence-electron chi connectivity index (χ0n) is 5.90. The van der Waals surface area contributed by atoms with Crippen molar-refractivity contribution in [1.82, 2.24) is 4.98 Å². The van der Waals surface area contributed by atoms with Gasteiger partial charge in [-0.3, -0.25) is 0 Å². The van der Waals surface area contributed by atoms with Crippen LogP contribution in [0.3, 0.4) is 0 Å². The van der Waals surface area contributed by atoms with Crippen molar-refractivity contribution in [1.29, 1.82) is 5.26 Å². The van der Waals surface area contributed by atoms with Crippen molar-refractivity contribution in [2.75, 3.05) is 0 Å². The van der Waals surface area contributed by atoms with Crippen molar-refractivity contribution in [2.45, 2.75) is 11.9 Å². The van der Waals surface area contributed by atoms with Gasteiger partial charge in [0.05, 0.1) is 11.3 Å². The van der Waals surface area contributed by atoms with E-state index in [9.17, 15) is 0 Å². The molecule has 1 aromatic rings. The summed E-state index contributed by atoms with van der Waals surface area (Å²) in [5.41, 5.74) is 1.38. The molecule has 0 bridgehead atoms. The second-order valence-electron chi connectivity index (χ2n) is 1.99. The zero-order chi connectivity index (χ0) is 8.27. The third kappa shape index (κ3) is 1.88.